The van der Waals surface area contributed by atoms with Crippen LogP contribution in [0.4, 0.5) is 11.4 Å². The molecule has 1 saturated heterocycles. The second-order valence-corrected chi connectivity index (χ2v) is 8.91. The van der Waals surface area contributed by atoms with Crippen molar-refractivity contribution < 1.29 is 14.3 Å². The van der Waals surface area contributed by atoms with Gasteiger partial charge in [0.15, 0.2) is 0 Å². The first-order chi connectivity index (χ1) is 16.1. The Balaban J connectivity index is 1.53. The molecule has 1 fully saturated rings. The molecule has 0 bridgehead atoms. The van der Waals surface area contributed by atoms with Gasteiger partial charge in [-0.25, -0.2) is 0 Å². The lowest BCUT2D eigenvalue weighted by Crippen LogP contribution is -2.27. The Morgan fingerprint density at radius 3 is 2.52 bits per heavy atom. The molecule has 1 N–H and O–H groups in total. The summed E-state index contributed by atoms with van der Waals surface area (Å²) >= 11 is 1.59. The van der Waals surface area contributed by atoms with Crippen LogP contribution in [0.3, 0.4) is 0 Å². The SMILES string of the molecule is CCOc1ccc(N2C(=O)CS[C@@H]2c2cccc(NC(=O)[C@@H](CC)c3ccccc3)c2)cc1. The Bertz CT molecular complexity index is 1100. The number of anilines is 2. The van der Waals surface area contributed by atoms with Crippen LogP contribution in [0.15, 0.2) is 78.9 Å². The number of thioether (sulfide) groups is 1. The van der Waals surface area contributed by atoms with Gasteiger partial charge in [0.1, 0.15) is 11.1 Å². The van der Waals surface area contributed by atoms with Gasteiger partial charge in [-0.2, -0.15) is 0 Å². The predicted octanol–water partition coefficient (Wildman–Crippen LogP) is 6.00. The van der Waals surface area contributed by atoms with Crippen LogP contribution < -0.4 is 15.0 Å². The summed E-state index contributed by atoms with van der Waals surface area (Å²) < 4.78 is 5.53. The van der Waals surface area contributed by atoms with E-state index in [2.05, 4.69) is 5.32 Å². The Labute approximate surface area is 199 Å². The molecular weight excluding hydrogens is 432 g/mol. The monoisotopic (exact) mass is 460 g/mol. The maximum atomic E-state index is 13.0. The van der Waals surface area contributed by atoms with Crippen molar-refractivity contribution in [1.29, 1.82) is 0 Å². The topological polar surface area (TPSA) is 58.6 Å². The van der Waals surface area contributed by atoms with E-state index in [0.29, 0.717) is 18.8 Å². The number of benzene rings is 3. The Morgan fingerprint density at radius 2 is 1.82 bits per heavy atom. The van der Waals surface area contributed by atoms with Crippen LogP contribution in [0.2, 0.25) is 0 Å². The van der Waals surface area contributed by atoms with Crippen molar-refractivity contribution >= 4 is 35.0 Å². The summed E-state index contributed by atoms with van der Waals surface area (Å²) in [7, 11) is 0. The molecule has 0 unspecified atom stereocenters. The van der Waals surface area contributed by atoms with E-state index in [-0.39, 0.29) is 23.1 Å². The number of carbonyl (C=O) groups is 2. The van der Waals surface area contributed by atoms with Gasteiger partial charge >= 0.3 is 0 Å². The third kappa shape index (κ3) is 5.22. The first-order valence-corrected chi connectivity index (χ1v) is 12.3. The highest BCUT2D eigenvalue weighted by Crippen LogP contribution is 2.42. The maximum absolute atomic E-state index is 13.0. The van der Waals surface area contributed by atoms with Gasteiger partial charge in [-0.15, -0.1) is 11.8 Å². The van der Waals surface area contributed by atoms with Crippen LogP contribution >= 0.6 is 11.8 Å². The van der Waals surface area contributed by atoms with Crippen molar-refractivity contribution in [2.75, 3.05) is 22.6 Å². The number of hydrogen-bond donors (Lipinski definition) is 1. The fourth-order valence-corrected chi connectivity index (χ4v) is 5.24. The molecule has 0 radical (unpaired) electrons. The summed E-state index contributed by atoms with van der Waals surface area (Å²) in [6.45, 7) is 4.56. The van der Waals surface area contributed by atoms with Gasteiger partial charge in [-0.05, 0) is 60.9 Å². The molecule has 33 heavy (non-hydrogen) atoms. The van der Waals surface area contributed by atoms with Crippen molar-refractivity contribution in [1.82, 2.24) is 0 Å². The average molecular weight is 461 g/mol. The zero-order valence-corrected chi connectivity index (χ0v) is 19.7. The molecule has 2 atom stereocenters. The molecule has 3 aromatic carbocycles. The number of nitrogens with one attached hydrogen (secondary N) is 1. The van der Waals surface area contributed by atoms with E-state index in [0.717, 1.165) is 28.3 Å². The van der Waals surface area contributed by atoms with Crippen molar-refractivity contribution in [3.63, 3.8) is 0 Å². The molecule has 3 aromatic rings. The first-order valence-electron chi connectivity index (χ1n) is 11.2. The lowest BCUT2D eigenvalue weighted by molar-refractivity contribution is -0.118. The van der Waals surface area contributed by atoms with E-state index in [9.17, 15) is 9.59 Å². The highest BCUT2D eigenvalue weighted by molar-refractivity contribution is 8.00. The second kappa shape index (κ2) is 10.6. The smallest absolute Gasteiger partial charge is 0.238 e. The van der Waals surface area contributed by atoms with Gasteiger partial charge in [0.05, 0.1) is 18.3 Å². The van der Waals surface area contributed by atoms with Gasteiger partial charge < -0.3 is 10.1 Å². The van der Waals surface area contributed by atoms with E-state index < -0.39 is 0 Å². The van der Waals surface area contributed by atoms with E-state index in [1.807, 2.05) is 97.6 Å². The van der Waals surface area contributed by atoms with Crippen LogP contribution in [0.5, 0.6) is 5.75 Å². The molecule has 0 spiro atoms. The van der Waals surface area contributed by atoms with Crippen molar-refractivity contribution in [3.05, 3.63) is 90.0 Å². The van der Waals surface area contributed by atoms with Gasteiger partial charge in [0, 0.05) is 11.4 Å². The third-order valence-corrected chi connectivity index (χ3v) is 6.87. The van der Waals surface area contributed by atoms with E-state index in [4.69, 9.17) is 4.74 Å². The normalized spacial score (nSPS) is 16.5. The fraction of sp³-hybridized carbons (Fsp3) is 0.259. The number of hydrogen-bond acceptors (Lipinski definition) is 4. The predicted molar refractivity (Wildman–Crippen MR) is 135 cm³/mol. The molecule has 0 aromatic heterocycles. The minimum atomic E-state index is -0.211. The largest absolute Gasteiger partial charge is 0.494 e. The van der Waals surface area contributed by atoms with E-state index >= 15 is 0 Å². The molecule has 5 nitrogen and oxygen atoms in total. The summed E-state index contributed by atoms with van der Waals surface area (Å²) in [5, 5.41) is 2.92. The summed E-state index contributed by atoms with van der Waals surface area (Å²) in [4.78, 5) is 27.5. The lowest BCUT2D eigenvalue weighted by atomic mass is 9.95. The molecule has 2 amide bonds. The zero-order chi connectivity index (χ0) is 23.2. The summed E-state index contributed by atoms with van der Waals surface area (Å²) in [5.74, 6) is 1.03. The van der Waals surface area contributed by atoms with Crippen LogP contribution in [0.25, 0.3) is 0 Å². The number of nitrogens with zero attached hydrogens (tertiary/aromatic N) is 1. The third-order valence-electron chi connectivity index (χ3n) is 5.66. The highest BCUT2D eigenvalue weighted by Gasteiger charge is 2.34. The number of ether oxygens (including phenoxy) is 1. The van der Waals surface area contributed by atoms with Crippen molar-refractivity contribution in [3.8, 4) is 5.75 Å². The Morgan fingerprint density at radius 1 is 1.06 bits per heavy atom. The molecule has 1 aliphatic heterocycles. The van der Waals surface area contributed by atoms with Gasteiger partial charge in [0.25, 0.3) is 0 Å². The zero-order valence-electron chi connectivity index (χ0n) is 18.9. The molecule has 0 saturated carbocycles. The average Bonchev–Trinajstić information content (AvgIpc) is 3.22. The quantitative estimate of drug-likeness (QED) is 0.448. The molecule has 6 heteroatoms. The van der Waals surface area contributed by atoms with Gasteiger partial charge in [-0.3, -0.25) is 14.5 Å². The Kier molecular flexibility index (Phi) is 7.35. The Hall–Kier alpha value is -3.25. The standard InChI is InChI=1S/C27H28N2O3S/c1-3-24(19-9-6-5-7-10-19)26(31)28-21-12-8-11-20(17-21)27-29(25(30)18-33-27)22-13-15-23(16-14-22)32-4-2/h5-17,24,27H,3-4,18H2,1-2H3,(H,28,31)/t24-,27+/m0/s1. The molecule has 1 aliphatic rings. The summed E-state index contributed by atoms with van der Waals surface area (Å²) in [5.41, 5.74) is 3.55. The number of carbonyl (C=O) groups excluding carboxylic acids is 2. The molecule has 4 rings (SSSR count). The second-order valence-electron chi connectivity index (χ2n) is 7.84. The molecular formula is C27H28N2O3S. The number of amides is 2. The molecule has 0 aliphatic carbocycles. The highest BCUT2D eigenvalue weighted by atomic mass is 32.2. The lowest BCUT2D eigenvalue weighted by Gasteiger charge is -2.25. The summed E-state index contributed by atoms with van der Waals surface area (Å²) in [6, 6.07) is 25.2. The minimum absolute atomic E-state index is 0.0284. The van der Waals surface area contributed by atoms with E-state index in [1.54, 1.807) is 11.8 Å². The number of rotatable bonds is 8. The molecule has 170 valence electrons. The van der Waals surface area contributed by atoms with Gasteiger partial charge in [0.2, 0.25) is 11.8 Å². The molecule has 1 heterocycles. The first kappa shape index (κ1) is 22.9. The fourth-order valence-electron chi connectivity index (χ4n) is 4.08. The summed E-state index contributed by atoms with van der Waals surface area (Å²) in [6.07, 6.45) is 0.716. The van der Waals surface area contributed by atoms with Crippen molar-refractivity contribution in [2.45, 2.75) is 31.6 Å². The minimum Gasteiger partial charge on any atom is -0.494 e. The van der Waals surface area contributed by atoms with E-state index in [1.165, 1.54) is 0 Å². The maximum Gasteiger partial charge on any atom is 0.238 e. The van der Waals surface area contributed by atoms with Crippen LogP contribution in [-0.2, 0) is 9.59 Å². The van der Waals surface area contributed by atoms with Crippen molar-refractivity contribution in [2.24, 2.45) is 0 Å². The van der Waals surface area contributed by atoms with Gasteiger partial charge in [-0.1, -0.05) is 49.4 Å². The van der Waals surface area contributed by atoms with Crippen LogP contribution in [0, 0.1) is 0 Å². The van der Waals surface area contributed by atoms with Crippen LogP contribution in [0.1, 0.15) is 42.7 Å². The van der Waals surface area contributed by atoms with Crippen LogP contribution in [-0.4, -0.2) is 24.2 Å².